The van der Waals surface area contributed by atoms with Gasteiger partial charge in [0.2, 0.25) is 0 Å². The minimum absolute atomic E-state index is 0. The number of halogens is 1. The summed E-state index contributed by atoms with van der Waals surface area (Å²) in [4.78, 5) is 2.50. The van der Waals surface area contributed by atoms with Crippen molar-refractivity contribution in [2.45, 2.75) is 53.2 Å². The van der Waals surface area contributed by atoms with Gasteiger partial charge in [-0.25, -0.2) is 0 Å². The maximum absolute atomic E-state index is 6.18. The molecule has 1 aliphatic heterocycles. The van der Waals surface area contributed by atoms with Gasteiger partial charge in [0.15, 0.2) is 0 Å². The largest absolute Gasteiger partial charge is 0.327 e. The first-order valence-electron chi connectivity index (χ1n) is 7.36. The quantitative estimate of drug-likeness (QED) is 0.929. The van der Waals surface area contributed by atoms with Gasteiger partial charge in [-0.05, 0) is 17.8 Å². The van der Waals surface area contributed by atoms with Crippen LogP contribution in [0.25, 0.3) is 0 Å². The first-order valence-corrected chi connectivity index (χ1v) is 7.36. The topological polar surface area (TPSA) is 47.1 Å². The Morgan fingerprint density at radius 3 is 2.75 bits per heavy atom. The molecule has 0 radical (unpaired) electrons. The van der Waals surface area contributed by atoms with Crippen molar-refractivity contribution in [2.24, 2.45) is 17.1 Å². The molecule has 1 aliphatic rings. The Morgan fingerprint density at radius 1 is 1.45 bits per heavy atom. The van der Waals surface area contributed by atoms with Gasteiger partial charge in [-0.2, -0.15) is 5.10 Å². The van der Waals surface area contributed by atoms with E-state index in [4.69, 9.17) is 5.73 Å². The summed E-state index contributed by atoms with van der Waals surface area (Å²) >= 11 is 0. The van der Waals surface area contributed by atoms with E-state index >= 15 is 0 Å². The molecule has 4 nitrogen and oxygen atoms in total. The second-order valence-corrected chi connectivity index (χ2v) is 7.06. The summed E-state index contributed by atoms with van der Waals surface area (Å²) in [5.41, 5.74) is 7.71. The number of likely N-dealkylation sites (tertiary alicyclic amines) is 1. The lowest BCUT2D eigenvalue weighted by Gasteiger charge is -2.42. The monoisotopic (exact) mass is 300 g/mol. The van der Waals surface area contributed by atoms with E-state index in [-0.39, 0.29) is 17.8 Å². The number of nitrogens with zero attached hydrogens (tertiary/aromatic N) is 3. The van der Waals surface area contributed by atoms with Crippen molar-refractivity contribution in [2.75, 3.05) is 13.1 Å². The molecule has 2 rings (SSSR count). The van der Waals surface area contributed by atoms with Crippen LogP contribution in [-0.2, 0) is 13.1 Å². The molecular weight excluding hydrogens is 272 g/mol. The summed E-state index contributed by atoms with van der Waals surface area (Å²) in [6, 6.07) is 0.326. The lowest BCUT2D eigenvalue weighted by molar-refractivity contribution is 0.0898. The number of piperidine rings is 1. The predicted octanol–water partition coefficient (Wildman–Crippen LogP) is 2.52. The third kappa shape index (κ3) is 4.47. The number of hydrogen-bond donors (Lipinski definition) is 1. The molecule has 0 bridgehead atoms. The van der Waals surface area contributed by atoms with Gasteiger partial charge in [0.25, 0.3) is 0 Å². The fourth-order valence-corrected chi connectivity index (χ4v) is 2.84. The molecule has 0 aliphatic carbocycles. The number of nitrogens with two attached hydrogens (primary N) is 1. The van der Waals surface area contributed by atoms with Crippen LogP contribution in [0.15, 0.2) is 12.4 Å². The lowest BCUT2D eigenvalue weighted by atomic mass is 9.79. The maximum atomic E-state index is 6.18. The summed E-state index contributed by atoms with van der Waals surface area (Å²) in [6.45, 7) is 13.1. The van der Waals surface area contributed by atoms with Gasteiger partial charge in [0.1, 0.15) is 0 Å². The van der Waals surface area contributed by atoms with Crippen LogP contribution in [0.5, 0.6) is 0 Å². The van der Waals surface area contributed by atoms with E-state index in [1.54, 1.807) is 0 Å². The molecule has 1 fully saturated rings. The van der Waals surface area contributed by atoms with Crippen molar-refractivity contribution < 1.29 is 0 Å². The molecule has 0 aromatic carbocycles. The van der Waals surface area contributed by atoms with Gasteiger partial charge in [0.05, 0.1) is 6.20 Å². The third-order valence-corrected chi connectivity index (χ3v) is 4.04. The normalized spacial score (nSPS) is 22.8. The van der Waals surface area contributed by atoms with Gasteiger partial charge in [-0.15, -0.1) is 12.4 Å². The highest BCUT2D eigenvalue weighted by atomic mass is 35.5. The minimum Gasteiger partial charge on any atom is -0.327 e. The molecule has 2 heterocycles. The standard InChI is InChI=1S/C15H28N4.ClH/c1-12(2)8-19-10-13(7-17-19)9-18-6-5-14(16)15(3,4)11-18;/h7,10,12,14H,5-6,8-9,11,16H2,1-4H3;1H. The first kappa shape index (κ1) is 17.5. The minimum atomic E-state index is 0. The predicted molar refractivity (Wildman–Crippen MR) is 86.0 cm³/mol. The van der Waals surface area contributed by atoms with Crippen LogP contribution < -0.4 is 5.73 Å². The zero-order chi connectivity index (χ0) is 14.0. The molecule has 2 N–H and O–H groups in total. The molecule has 1 aromatic heterocycles. The van der Waals surface area contributed by atoms with Crippen LogP contribution in [0, 0.1) is 11.3 Å². The van der Waals surface area contributed by atoms with Gasteiger partial charge in [-0.3, -0.25) is 9.58 Å². The average molecular weight is 301 g/mol. The lowest BCUT2D eigenvalue weighted by Crippen LogP contribution is -2.51. The highest BCUT2D eigenvalue weighted by Gasteiger charge is 2.33. The van der Waals surface area contributed by atoms with E-state index in [9.17, 15) is 0 Å². The summed E-state index contributed by atoms with van der Waals surface area (Å²) in [5.74, 6) is 0.639. The molecule has 1 aromatic rings. The molecular formula is C15H29ClN4. The Balaban J connectivity index is 0.00000200. The Kier molecular flexibility index (Phi) is 6.05. The van der Waals surface area contributed by atoms with E-state index in [2.05, 4.69) is 48.6 Å². The highest BCUT2D eigenvalue weighted by Crippen LogP contribution is 2.28. The third-order valence-electron chi connectivity index (χ3n) is 4.04. The van der Waals surface area contributed by atoms with Crippen LogP contribution >= 0.6 is 12.4 Å². The second kappa shape index (κ2) is 6.92. The zero-order valence-corrected chi connectivity index (χ0v) is 14.0. The van der Waals surface area contributed by atoms with Crippen LogP contribution in [0.2, 0.25) is 0 Å². The molecule has 0 spiro atoms. The van der Waals surface area contributed by atoms with Gasteiger partial charge >= 0.3 is 0 Å². The van der Waals surface area contributed by atoms with E-state index < -0.39 is 0 Å². The van der Waals surface area contributed by atoms with Crippen molar-refractivity contribution >= 4 is 12.4 Å². The van der Waals surface area contributed by atoms with Crippen molar-refractivity contribution in [1.29, 1.82) is 0 Å². The molecule has 1 saturated heterocycles. The van der Waals surface area contributed by atoms with Crippen LogP contribution in [0.3, 0.4) is 0 Å². The number of aromatic nitrogens is 2. The SMILES string of the molecule is CC(C)Cn1cc(CN2CCC(N)C(C)(C)C2)cn1.Cl. The summed E-state index contributed by atoms with van der Waals surface area (Å²) in [6.07, 6.45) is 5.28. The molecule has 1 atom stereocenters. The second-order valence-electron chi connectivity index (χ2n) is 7.06. The van der Waals surface area contributed by atoms with E-state index in [0.717, 1.165) is 32.6 Å². The fraction of sp³-hybridized carbons (Fsp3) is 0.800. The molecule has 0 saturated carbocycles. The molecule has 5 heteroatoms. The van der Waals surface area contributed by atoms with E-state index in [0.29, 0.717) is 12.0 Å². The molecule has 20 heavy (non-hydrogen) atoms. The van der Waals surface area contributed by atoms with Gasteiger partial charge in [-0.1, -0.05) is 27.7 Å². The van der Waals surface area contributed by atoms with E-state index in [1.807, 2.05) is 6.20 Å². The smallest absolute Gasteiger partial charge is 0.0534 e. The highest BCUT2D eigenvalue weighted by molar-refractivity contribution is 5.85. The van der Waals surface area contributed by atoms with Crippen LogP contribution in [-0.4, -0.2) is 33.8 Å². The Bertz CT molecular complexity index is 414. The Labute approximate surface area is 129 Å². The summed E-state index contributed by atoms with van der Waals surface area (Å²) in [5, 5.41) is 4.44. The van der Waals surface area contributed by atoms with Gasteiger partial charge in [0, 0.05) is 44.0 Å². The summed E-state index contributed by atoms with van der Waals surface area (Å²) in [7, 11) is 0. The Hall–Kier alpha value is -0.580. The molecule has 1 unspecified atom stereocenters. The number of hydrogen-bond acceptors (Lipinski definition) is 3. The summed E-state index contributed by atoms with van der Waals surface area (Å²) < 4.78 is 2.06. The van der Waals surface area contributed by atoms with Gasteiger partial charge < -0.3 is 5.73 Å². The van der Waals surface area contributed by atoms with Crippen LogP contribution in [0.1, 0.15) is 39.7 Å². The zero-order valence-electron chi connectivity index (χ0n) is 13.2. The van der Waals surface area contributed by atoms with Crippen molar-refractivity contribution in [3.05, 3.63) is 18.0 Å². The average Bonchev–Trinajstić information content (AvgIpc) is 2.69. The van der Waals surface area contributed by atoms with Crippen molar-refractivity contribution in [3.63, 3.8) is 0 Å². The number of rotatable bonds is 4. The van der Waals surface area contributed by atoms with E-state index in [1.165, 1.54) is 5.56 Å². The molecule has 116 valence electrons. The Morgan fingerprint density at radius 2 is 2.15 bits per heavy atom. The first-order chi connectivity index (χ1) is 8.87. The van der Waals surface area contributed by atoms with Crippen LogP contribution in [0.4, 0.5) is 0 Å². The fourth-order valence-electron chi connectivity index (χ4n) is 2.84. The maximum Gasteiger partial charge on any atom is 0.0534 e. The van der Waals surface area contributed by atoms with Crippen molar-refractivity contribution in [3.8, 4) is 0 Å². The molecule has 0 amide bonds. The van der Waals surface area contributed by atoms with Crippen molar-refractivity contribution in [1.82, 2.24) is 14.7 Å².